The van der Waals surface area contributed by atoms with Crippen molar-refractivity contribution in [2.45, 2.75) is 46.6 Å². The summed E-state index contributed by atoms with van der Waals surface area (Å²) in [6.07, 6.45) is 1.54. The minimum atomic E-state index is -0.676. The molecule has 0 aliphatic carbocycles. The van der Waals surface area contributed by atoms with Gasteiger partial charge in [-0.3, -0.25) is 14.4 Å². The molecule has 0 fully saturated rings. The fourth-order valence-corrected chi connectivity index (χ4v) is 1.41. The van der Waals surface area contributed by atoms with Crippen molar-refractivity contribution in [1.29, 1.82) is 0 Å². The predicted octanol–water partition coefficient (Wildman–Crippen LogP) is 0.632. The van der Waals surface area contributed by atoms with Gasteiger partial charge in [0.05, 0.1) is 6.54 Å². The highest BCUT2D eigenvalue weighted by molar-refractivity contribution is 6.37. The average Bonchev–Trinajstić information content (AvgIpc) is 2.24. The summed E-state index contributed by atoms with van der Waals surface area (Å²) < 4.78 is 0. The second-order valence-corrected chi connectivity index (χ2v) is 4.46. The summed E-state index contributed by atoms with van der Waals surface area (Å²) in [7, 11) is 0. The highest BCUT2D eigenvalue weighted by Crippen LogP contribution is 2.05. The molecule has 17 heavy (non-hydrogen) atoms. The Morgan fingerprint density at radius 1 is 1.12 bits per heavy atom. The molecule has 5 nitrogen and oxygen atoms in total. The second-order valence-electron chi connectivity index (χ2n) is 4.46. The van der Waals surface area contributed by atoms with Crippen LogP contribution in [-0.2, 0) is 14.4 Å². The molecule has 0 rings (SSSR count). The van der Waals surface area contributed by atoms with E-state index >= 15 is 0 Å². The number of amides is 2. The van der Waals surface area contributed by atoms with Crippen LogP contribution in [0, 0.1) is 5.92 Å². The van der Waals surface area contributed by atoms with Crippen LogP contribution in [0.25, 0.3) is 0 Å². The van der Waals surface area contributed by atoms with Gasteiger partial charge in [0, 0.05) is 12.0 Å². The molecule has 0 radical (unpaired) electrons. The number of hydrogen-bond donors (Lipinski definition) is 2. The molecule has 98 valence electrons. The normalized spacial score (nSPS) is 12.1. The molecule has 0 saturated heterocycles. The molecule has 0 aromatic carbocycles. The van der Waals surface area contributed by atoms with Gasteiger partial charge in [-0.2, -0.15) is 0 Å². The van der Waals surface area contributed by atoms with Gasteiger partial charge < -0.3 is 10.6 Å². The summed E-state index contributed by atoms with van der Waals surface area (Å²) in [4.78, 5) is 34.2. The number of rotatable bonds is 7. The molecule has 1 unspecified atom stereocenters. The van der Waals surface area contributed by atoms with Crippen LogP contribution in [0.1, 0.15) is 40.5 Å². The van der Waals surface area contributed by atoms with Crippen molar-refractivity contribution >= 4 is 17.6 Å². The van der Waals surface area contributed by atoms with Crippen LogP contribution in [0.15, 0.2) is 0 Å². The highest BCUT2D eigenvalue weighted by atomic mass is 16.2. The molecule has 0 aromatic rings. The number of nitrogens with one attached hydrogen (secondary N) is 2. The molecule has 0 heterocycles. The van der Waals surface area contributed by atoms with Crippen molar-refractivity contribution in [3.8, 4) is 0 Å². The zero-order valence-electron chi connectivity index (χ0n) is 11.0. The van der Waals surface area contributed by atoms with Gasteiger partial charge in [-0.05, 0) is 20.3 Å². The van der Waals surface area contributed by atoms with E-state index in [1.807, 2.05) is 20.8 Å². The van der Waals surface area contributed by atoms with Gasteiger partial charge in [0.15, 0.2) is 0 Å². The Balaban J connectivity index is 4.01. The van der Waals surface area contributed by atoms with Crippen molar-refractivity contribution in [3.63, 3.8) is 0 Å². The topological polar surface area (TPSA) is 75.3 Å². The van der Waals surface area contributed by atoms with Gasteiger partial charge in [0.1, 0.15) is 0 Å². The third-order valence-electron chi connectivity index (χ3n) is 2.25. The fourth-order valence-electron chi connectivity index (χ4n) is 1.41. The number of ketones is 1. The molecule has 2 N–H and O–H groups in total. The highest BCUT2D eigenvalue weighted by Gasteiger charge is 2.20. The van der Waals surface area contributed by atoms with E-state index in [0.717, 1.165) is 6.42 Å². The maximum Gasteiger partial charge on any atom is 0.288 e. The van der Waals surface area contributed by atoms with Crippen LogP contribution in [0.5, 0.6) is 0 Å². The molecule has 0 bridgehead atoms. The van der Waals surface area contributed by atoms with Crippen LogP contribution in [-0.4, -0.2) is 30.2 Å². The van der Waals surface area contributed by atoms with Crippen molar-refractivity contribution in [3.05, 3.63) is 0 Å². The van der Waals surface area contributed by atoms with Gasteiger partial charge in [0.2, 0.25) is 11.7 Å². The molecule has 5 heteroatoms. The lowest BCUT2D eigenvalue weighted by molar-refractivity contribution is -0.140. The van der Waals surface area contributed by atoms with Gasteiger partial charge >= 0.3 is 0 Å². The van der Waals surface area contributed by atoms with E-state index in [-0.39, 0.29) is 24.4 Å². The summed E-state index contributed by atoms with van der Waals surface area (Å²) in [5, 5.41) is 4.95. The first-order valence-corrected chi connectivity index (χ1v) is 5.99. The summed E-state index contributed by atoms with van der Waals surface area (Å²) in [5.41, 5.74) is 0. The monoisotopic (exact) mass is 242 g/mol. The van der Waals surface area contributed by atoms with Crippen LogP contribution in [0.2, 0.25) is 0 Å². The van der Waals surface area contributed by atoms with E-state index in [4.69, 9.17) is 0 Å². The summed E-state index contributed by atoms with van der Waals surface area (Å²) in [6, 6.07) is 0.0223. The third kappa shape index (κ3) is 6.71. The summed E-state index contributed by atoms with van der Waals surface area (Å²) in [6.45, 7) is 7.18. The molecule has 1 atom stereocenters. The molecule has 0 aliphatic heterocycles. The molecule has 2 amide bonds. The zero-order valence-corrected chi connectivity index (χ0v) is 11.0. The van der Waals surface area contributed by atoms with E-state index in [1.165, 1.54) is 0 Å². The lowest BCUT2D eigenvalue weighted by Gasteiger charge is -2.11. The molecule has 0 aromatic heterocycles. The van der Waals surface area contributed by atoms with Crippen molar-refractivity contribution in [1.82, 2.24) is 10.6 Å². The zero-order chi connectivity index (χ0) is 13.4. The van der Waals surface area contributed by atoms with Crippen LogP contribution in [0.3, 0.4) is 0 Å². The van der Waals surface area contributed by atoms with Crippen molar-refractivity contribution in [2.75, 3.05) is 6.54 Å². The Morgan fingerprint density at radius 2 is 1.71 bits per heavy atom. The van der Waals surface area contributed by atoms with Crippen molar-refractivity contribution in [2.24, 2.45) is 5.92 Å². The maximum atomic E-state index is 11.5. The molecule has 0 spiro atoms. The Bertz CT molecular complexity index is 287. The van der Waals surface area contributed by atoms with Gasteiger partial charge in [-0.15, -0.1) is 0 Å². The Hall–Kier alpha value is -1.39. The lowest BCUT2D eigenvalue weighted by Crippen LogP contribution is -2.43. The smallest absolute Gasteiger partial charge is 0.288 e. The van der Waals surface area contributed by atoms with Crippen molar-refractivity contribution < 1.29 is 14.4 Å². The maximum absolute atomic E-state index is 11.5. The summed E-state index contributed by atoms with van der Waals surface area (Å²) >= 11 is 0. The Labute approximate surface area is 102 Å². The molecule has 0 saturated carbocycles. The predicted molar refractivity (Wildman–Crippen MR) is 65.4 cm³/mol. The lowest BCUT2D eigenvalue weighted by atomic mass is 10.0. The number of hydrogen-bond acceptors (Lipinski definition) is 3. The fraction of sp³-hybridized carbons (Fsp3) is 0.750. The minimum absolute atomic E-state index is 0.0223. The third-order valence-corrected chi connectivity index (χ3v) is 2.25. The van der Waals surface area contributed by atoms with Gasteiger partial charge in [-0.1, -0.05) is 20.3 Å². The standard InChI is InChI=1S/C12H22N2O3/c1-5-6-9(4)11(16)12(17)13-7-10(15)14-8(2)3/h8-9H,5-7H2,1-4H3,(H,13,17)(H,14,15). The van der Waals surface area contributed by atoms with Crippen LogP contribution >= 0.6 is 0 Å². The SMILES string of the molecule is CCCC(C)C(=O)C(=O)NCC(=O)NC(C)C. The largest absolute Gasteiger partial charge is 0.352 e. The first-order chi connectivity index (χ1) is 7.88. The van der Waals surface area contributed by atoms with Gasteiger partial charge in [0.25, 0.3) is 5.91 Å². The van der Waals surface area contributed by atoms with Crippen LogP contribution < -0.4 is 10.6 Å². The quantitative estimate of drug-likeness (QED) is 0.643. The second kappa shape index (κ2) is 7.81. The van der Waals surface area contributed by atoms with E-state index in [2.05, 4.69) is 10.6 Å². The van der Waals surface area contributed by atoms with Crippen LogP contribution in [0.4, 0.5) is 0 Å². The average molecular weight is 242 g/mol. The minimum Gasteiger partial charge on any atom is -0.352 e. The van der Waals surface area contributed by atoms with E-state index in [1.54, 1.807) is 6.92 Å². The van der Waals surface area contributed by atoms with E-state index in [0.29, 0.717) is 6.42 Å². The Morgan fingerprint density at radius 3 is 2.18 bits per heavy atom. The van der Waals surface area contributed by atoms with E-state index in [9.17, 15) is 14.4 Å². The number of carbonyl (C=O) groups excluding carboxylic acids is 3. The number of carbonyl (C=O) groups is 3. The first-order valence-electron chi connectivity index (χ1n) is 5.99. The number of Topliss-reactive ketones (excluding diaryl/α,β-unsaturated/α-hetero) is 1. The van der Waals surface area contributed by atoms with Gasteiger partial charge in [-0.25, -0.2) is 0 Å². The summed E-state index contributed by atoms with van der Waals surface area (Å²) in [5.74, 6) is -1.70. The first kappa shape index (κ1) is 15.6. The Kier molecular flexibility index (Phi) is 7.18. The molecule has 0 aliphatic rings. The molecular weight excluding hydrogens is 220 g/mol. The molecular formula is C12H22N2O3. The van der Waals surface area contributed by atoms with E-state index < -0.39 is 11.7 Å².